The standard InChI is InChI=1S/C19H18N6O2S2/c1-2-27-16-9-5-4-8-15(16)25-19(22-23-24-25)29-13-18(26)21-14-7-3-6-10-17(14)28-12-11-20/h3-10H,2,12-13H2,1H3,(H,21,26). The molecule has 0 aliphatic rings. The molecule has 10 heteroatoms. The number of anilines is 1. The van der Waals surface area contributed by atoms with Crippen molar-refractivity contribution in [1.29, 1.82) is 5.26 Å². The minimum absolute atomic E-state index is 0.133. The van der Waals surface area contributed by atoms with E-state index in [2.05, 4.69) is 26.9 Å². The molecule has 0 aliphatic heterocycles. The van der Waals surface area contributed by atoms with Gasteiger partial charge in [-0.25, -0.2) is 0 Å². The lowest BCUT2D eigenvalue weighted by Gasteiger charge is -2.11. The second-order valence-corrected chi connectivity index (χ2v) is 7.51. The van der Waals surface area contributed by atoms with Crippen LogP contribution < -0.4 is 10.1 Å². The highest BCUT2D eigenvalue weighted by Gasteiger charge is 2.15. The molecule has 0 aliphatic carbocycles. The number of hydrogen-bond acceptors (Lipinski definition) is 8. The number of para-hydroxylation sites is 3. The first-order valence-electron chi connectivity index (χ1n) is 8.75. The van der Waals surface area contributed by atoms with E-state index in [1.54, 1.807) is 4.68 Å². The van der Waals surface area contributed by atoms with Crippen LogP contribution in [0, 0.1) is 11.3 Å². The van der Waals surface area contributed by atoms with Crippen LogP contribution in [0.25, 0.3) is 5.69 Å². The van der Waals surface area contributed by atoms with Gasteiger partial charge in [-0.05, 0) is 41.6 Å². The molecule has 1 amide bonds. The molecule has 1 heterocycles. The third-order valence-electron chi connectivity index (χ3n) is 3.62. The average Bonchev–Trinajstić information content (AvgIpc) is 3.21. The number of nitrogens with one attached hydrogen (secondary N) is 1. The Morgan fingerprint density at radius 2 is 2.00 bits per heavy atom. The molecule has 29 heavy (non-hydrogen) atoms. The van der Waals surface area contributed by atoms with E-state index in [1.165, 1.54) is 23.5 Å². The molecular formula is C19H18N6O2S2. The van der Waals surface area contributed by atoms with E-state index >= 15 is 0 Å². The van der Waals surface area contributed by atoms with Crippen molar-refractivity contribution in [3.8, 4) is 17.5 Å². The Morgan fingerprint density at radius 1 is 1.21 bits per heavy atom. The van der Waals surface area contributed by atoms with Crippen molar-refractivity contribution >= 4 is 35.1 Å². The van der Waals surface area contributed by atoms with E-state index in [4.69, 9.17) is 10.00 Å². The van der Waals surface area contributed by atoms with Crippen molar-refractivity contribution in [3.05, 3.63) is 48.5 Å². The van der Waals surface area contributed by atoms with Crippen LogP contribution >= 0.6 is 23.5 Å². The Morgan fingerprint density at radius 3 is 2.83 bits per heavy atom. The number of nitriles is 1. The average molecular weight is 427 g/mol. The summed E-state index contributed by atoms with van der Waals surface area (Å²) in [6.07, 6.45) is 0. The number of nitrogens with zero attached hydrogens (tertiary/aromatic N) is 5. The molecule has 0 atom stereocenters. The number of tetrazole rings is 1. The Kier molecular flexibility index (Phi) is 7.49. The number of amides is 1. The summed E-state index contributed by atoms with van der Waals surface area (Å²) in [5.74, 6) is 0.925. The van der Waals surface area contributed by atoms with Crippen molar-refractivity contribution in [1.82, 2.24) is 20.2 Å². The van der Waals surface area contributed by atoms with Crippen LogP contribution in [0.5, 0.6) is 5.75 Å². The van der Waals surface area contributed by atoms with Crippen LogP contribution in [0.1, 0.15) is 6.92 Å². The number of ether oxygens (including phenoxy) is 1. The number of carbonyl (C=O) groups is 1. The molecule has 3 rings (SSSR count). The molecule has 8 nitrogen and oxygen atoms in total. The fourth-order valence-corrected chi connectivity index (χ4v) is 3.81. The van der Waals surface area contributed by atoms with Crippen molar-refractivity contribution in [2.24, 2.45) is 0 Å². The molecule has 0 saturated carbocycles. The van der Waals surface area contributed by atoms with Crippen LogP contribution in [0.2, 0.25) is 0 Å². The monoisotopic (exact) mass is 426 g/mol. The zero-order chi connectivity index (χ0) is 20.5. The highest BCUT2D eigenvalue weighted by Crippen LogP contribution is 2.28. The SMILES string of the molecule is CCOc1ccccc1-n1nnnc1SCC(=O)Nc1ccccc1SCC#N. The molecule has 1 N–H and O–H groups in total. The second-order valence-electron chi connectivity index (χ2n) is 5.55. The molecule has 1 aromatic heterocycles. The minimum Gasteiger partial charge on any atom is -0.492 e. The predicted octanol–water partition coefficient (Wildman–Crippen LogP) is 3.41. The Hall–Kier alpha value is -3.03. The van der Waals surface area contributed by atoms with Crippen molar-refractivity contribution < 1.29 is 9.53 Å². The number of rotatable bonds is 9. The van der Waals surface area contributed by atoms with E-state index < -0.39 is 0 Å². The van der Waals surface area contributed by atoms with Crippen LogP contribution in [0.15, 0.2) is 58.6 Å². The first-order chi connectivity index (χ1) is 14.2. The maximum atomic E-state index is 12.4. The van der Waals surface area contributed by atoms with E-state index in [0.29, 0.717) is 34.6 Å². The lowest BCUT2D eigenvalue weighted by Crippen LogP contribution is -2.15. The summed E-state index contributed by atoms with van der Waals surface area (Å²) >= 11 is 2.60. The maximum Gasteiger partial charge on any atom is 0.234 e. The number of carbonyl (C=O) groups excluding carboxylic acids is 1. The summed E-state index contributed by atoms with van der Waals surface area (Å²) < 4.78 is 7.19. The van der Waals surface area contributed by atoms with Gasteiger partial charge in [0.05, 0.1) is 29.9 Å². The van der Waals surface area contributed by atoms with Gasteiger partial charge < -0.3 is 10.1 Å². The Bertz CT molecular complexity index is 1020. The van der Waals surface area contributed by atoms with E-state index in [9.17, 15) is 4.79 Å². The van der Waals surface area contributed by atoms with Crippen molar-refractivity contribution in [2.75, 3.05) is 23.4 Å². The maximum absolute atomic E-state index is 12.4. The Balaban J connectivity index is 1.68. The quantitative estimate of drug-likeness (QED) is 0.519. The van der Waals surface area contributed by atoms with E-state index in [0.717, 1.165) is 4.90 Å². The largest absolute Gasteiger partial charge is 0.492 e. The third kappa shape index (κ3) is 5.49. The van der Waals surface area contributed by atoms with Crippen LogP contribution in [0.3, 0.4) is 0 Å². The number of aromatic nitrogens is 4. The van der Waals surface area contributed by atoms with Crippen molar-refractivity contribution in [2.45, 2.75) is 17.0 Å². The number of hydrogen-bond donors (Lipinski definition) is 1. The predicted molar refractivity (Wildman–Crippen MR) is 112 cm³/mol. The molecule has 0 spiro atoms. The summed E-state index contributed by atoms with van der Waals surface area (Å²) in [5.41, 5.74) is 1.39. The highest BCUT2D eigenvalue weighted by atomic mass is 32.2. The fraction of sp³-hybridized carbons (Fsp3) is 0.211. The lowest BCUT2D eigenvalue weighted by atomic mass is 10.3. The van der Waals surface area contributed by atoms with Crippen LogP contribution in [0.4, 0.5) is 5.69 Å². The molecule has 0 fully saturated rings. The van der Waals surface area contributed by atoms with Gasteiger partial charge in [-0.1, -0.05) is 36.0 Å². The molecule has 0 unspecified atom stereocenters. The van der Waals surface area contributed by atoms with Gasteiger partial charge in [0.1, 0.15) is 11.4 Å². The number of thioether (sulfide) groups is 2. The first-order valence-corrected chi connectivity index (χ1v) is 10.7. The fourth-order valence-electron chi connectivity index (χ4n) is 2.45. The zero-order valence-electron chi connectivity index (χ0n) is 15.6. The second kappa shape index (κ2) is 10.5. The number of benzene rings is 2. The lowest BCUT2D eigenvalue weighted by molar-refractivity contribution is -0.113. The van der Waals surface area contributed by atoms with Gasteiger partial charge in [0.25, 0.3) is 0 Å². The molecule has 2 aromatic carbocycles. The van der Waals surface area contributed by atoms with Crippen LogP contribution in [-0.2, 0) is 4.79 Å². The molecule has 0 bridgehead atoms. The van der Waals surface area contributed by atoms with Crippen molar-refractivity contribution in [3.63, 3.8) is 0 Å². The molecule has 0 radical (unpaired) electrons. The van der Waals surface area contributed by atoms with E-state index in [-0.39, 0.29) is 11.7 Å². The smallest absolute Gasteiger partial charge is 0.234 e. The summed E-state index contributed by atoms with van der Waals surface area (Å²) in [6, 6.07) is 16.9. The van der Waals surface area contributed by atoms with Gasteiger partial charge in [-0.15, -0.1) is 16.9 Å². The molecule has 148 valence electrons. The van der Waals surface area contributed by atoms with Gasteiger partial charge >= 0.3 is 0 Å². The molecular weight excluding hydrogens is 408 g/mol. The summed E-state index contributed by atoms with van der Waals surface area (Å²) in [7, 11) is 0. The van der Waals surface area contributed by atoms with Crippen LogP contribution in [-0.4, -0.2) is 44.2 Å². The van der Waals surface area contributed by atoms with E-state index in [1.807, 2.05) is 55.5 Å². The Labute approximate surface area is 176 Å². The van der Waals surface area contributed by atoms with Gasteiger partial charge in [-0.3, -0.25) is 4.79 Å². The summed E-state index contributed by atoms with van der Waals surface area (Å²) in [6.45, 7) is 2.43. The summed E-state index contributed by atoms with van der Waals surface area (Å²) in [5, 5.41) is 23.9. The summed E-state index contributed by atoms with van der Waals surface area (Å²) in [4.78, 5) is 13.3. The third-order valence-corrected chi connectivity index (χ3v) is 5.48. The normalized spacial score (nSPS) is 10.3. The highest BCUT2D eigenvalue weighted by molar-refractivity contribution is 8.00. The minimum atomic E-state index is -0.187. The zero-order valence-corrected chi connectivity index (χ0v) is 17.2. The first kappa shape index (κ1) is 20.7. The molecule has 3 aromatic rings. The van der Waals surface area contributed by atoms with Gasteiger partial charge in [0.2, 0.25) is 11.1 Å². The topological polar surface area (TPSA) is 106 Å². The van der Waals surface area contributed by atoms with Gasteiger partial charge in [0, 0.05) is 4.90 Å². The van der Waals surface area contributed by atoms with Gasteiger partial charge in [-0.2, -0.15) is 9.94 Å². The van der Waals surface area contributed by atoms with Gasteiger partial charge in [0.15, 0.2) is 0 Å². The molecule has 0 saturated heterocycles.